The van der Waals surface area contributed by atoms with Crippen molar-refractivity contribution in [3.05, 3.63) is 47.7 Å². The summed E-state index contributed by atoms with van der Waals surface area (Å²) in [6.07, 6.45) is 3.85. The van der Waals surface area contributed by atoms with Crippen molar-refractivity contribution >= 4 is 5.91 Å². The lowest BCUT2D eigenvalue weighted by atomic mass is 9.97. The smallest absolute Gasteiger partial charge is 0.259 e. The van der Waals surface area contributed by atoms with Gasteiger partial charge in [0, 0.05) is 50.5 Å². The van der Waals surface area contributed by atoms with E-state index in [0.717, 1.165) is 55.8 Å². The number of hydrogen-bond acceptors (Lipinski definition) is 6. The number of pyridine rings is 1. The lowest BCUT2D eigenvalue weighted by molar-refractivity contribution is 0.0254. The number of benzene rings is 1. The lowest BCUT2D eigenvalue weighted by Gasteiger charge is -2.38. The first kappa shape index (κ1) is 25.6. The van der Waals surface area contributed by atoms with Crippen LogP contribution < -0.4 is 4.74 Å². The van der Waals surface area contributed by atoms with Crippen LogP contribution in [-0.2, 0) is 4.74 Å². The van der Waals surface area contributed by atoms with Crippen LogP contribution in [-0.4, -0.2) is 84.4 Å². The summed E-state index contributed by atoms with van der Waals surface area (Å²) in [6.45, 7) is 9.90. The monoisotopic (exact) mass is 481 g/mol. The van der Waals surface area contributed by atoms with Crippen molar-refractivity contribution in [2.45, 2.75) is 45.8 Å². The quantitative estimate of drug-likeness (QED) is 0.651. The fraction of sp³-hybridized carbons (Fsp3) is 0.571. The molecule has 1 aromatic carbocycles. The number of carbonyl (C=O) groups excluding carboxylic acids is 1. The summed E-state index contributed by atoms with van der Waals surface area (Å²) in [7, 11) is 2.14. The second-order valence-corrected chi connectivity index (χ2v) is 10.3. The molecule has 0 spiro atoms. The Morgan fingerprint density at radius 1 is 1.20 bits per heavy atom. The number of hydrogen-bond donors (Lipinski definition) is 1. The third-order valence-corrected chi connectivity index (χ3v) is 7.38. The molecular weight excluding hydrogens is 442 g/mol. The van der Waals surface area contributed by atoms with E-state index >= 15 is 0 Å². The zero-order valence-electron chi connectivity index (χ0n) is 21.4. The van der Waals surface area contributed by atoms with Gasteiger partial charge in [-0.3, -0.25) is 4.79 Å². The minimum Gasteiger partial charge on any atom is -0.472 e. The van der Waals surface area contributed by atoms with E-state index in [2.05, 4.69) is 36.8 Å². The molecule has 3 heterocycles. The summed E-state index contributed by atoms with van der Waals surface area (Å²) in [4.78, 5) is 22.4. The topological polar surface area (TPSA) is 75.1 Å². The zero-order chi connectivity index (χ0) is 24.9. The Hall–Kier alpha value is -2.48. The number of nitrogens with zero attached hydrogens (tertiary/aromatic N) is 3. The van der Waals surface area contributed by atoms with Crippen LogP contribution in [0.25, 0.3) is 11.1 Å². The molecule has 0 aliphatic carbocycles. The molecule has 0 unspecified atom stereocenters. The van der Waals surface area contributed by atoms with E-state index in [1.807, 2.05) is 31.2 Å². The maximum Gasteiger partial charge on any atom is 0.259 e. The molecule has 35 heavy (non-hydrogen) atoms. The van der Waals surface area contributed by atoms with E-state index in [4.69, 9.17) is 9.47 Å². The van der Waals surface area contributed by atoms with Gasteiger partial charge in [0.2, 0.25) is 5.88 Å². The van der Waals surface area contributed by atoms with Crippen LogP contribution in [0.1, 0.15) is 42.6 Å². The number of aliphatic hydroxyl groups is 1. The average molecular weight is 482 g/mol. The number of amides is 1. The highest BCUT2D eigenvalue weighted by molar-refractivity contribution is 5.98. The first-order valence-corrected chi connectivity index (χ1v) is 12.8. The summed E-state index contributed by atoms with van der Waals surface area (Å²) in [5, 5.41) is 9.90. The number of fused-ring (bicyclic) bond motifs is 1. The number of carbonyl (C=O) groups is 1. The molecule has 1 aromatic heterocycles. The Labute approximate surface area is 209 Å². The van der Waals surface area contributed by atoms with Crippen molar-refractivity contribution in [2.75, 3.05) is 46.5 Å². The van der Waals surface area contributed by atoms with Gasteiger partial charge in [-0.2, -0.15) is 0 Å². The van der Waals surface area contributed by atoms with Crippen molar-refractivity contribution in [3.63, 3.8) is 0 Å². The third kappa shape index (κ3) is 6.02. The summed E-state index contributed by atoms with van der Waals surface area (Å²) < 4.78 is 12.0. The van der Waals surface area contributed by atoms with E-state index in [1.54, 1.807) is 11.1 Å². The van der Waals surface area contributed by atoms with Crippen molar-refractivity contribution in [1.29, 1.82) is 0 Å². The molecule has 1 saturated heterocycles. The van der Waals surface area contributed by atoms with Crippen LogP contribution in [0, 0.1) is 18.8 Å². The fourth-order valence-electron chi connectivity index (χ4n) is 5.12. The van der Waals surface area contributed by atoms with Gasteiger partial charge < -0.3 is 24.4 Å². The van der Waals surface area contributed by atoms with Gasteiger partial charge in [0.25, 0.3) is 5.91 Å². The zero-order valence-corrected chi connectivity index (χ0v) is 21.4. The molecule has 1 fully saturated rings. The predicted octanol–water partition coefficient (Wildman–Crippen LogP) is 3.64. The van der Waals surface area contributed by atoms with Crippen LogP contribution in [0.2, 0.25) is 0 Å². The lowest BCUT2D eigenvalue weighted by Crippen LogP contribution is -2.50. The largest absolute Gasteiger partial charge is 0.472 e. The molecule has 0 saturated carbocycles. The molecule has 3 atom stereocenters. The summed E-state index contributed by atoms with van der Waals surface area (Å²) in [6, 6.07) is 9.68. The average Bonchev–Trinajstić information content (AvgIpc) is 2.86. The fourth-order valence-corrected chi connectivity index (χ4v) is 5.12. The Balaban J connectivity index is 1.63. The van der Waals surface area contributed by atoms with Gasteiger partial charge in [-0.05, 0) is 56.8 Å². The highest BCUT2D eigenvalue weighted by Gasteiger charge is 2.34. The molecule has 2 aliphatic heterocycles. The highest BCUT2D eigenvalue weighted by Crippen LogP contribution is 2.31. The molecule has 7 nitrogen and oxygen atoms in total. The van der Waals surface area contributed by atoms with Gasteiger partial charge in [-0.1, -0.05) is 31.2 Å². The molecule has 1 N–H and O–H groups in total. The molecule has 0 radical (unpaired) electrons. The maximum absolute atomic E-state index is 13.7. The molecule has 0 bridgehead atoms. The number of rotatable bonds is 7. The van der Waals surface area contributed by atoms with Gasteiger partial charge in [0.05, 0.1) is 12.6 Å². The predicted molar refractivity (Wildman–Crippen MR) is 137 cm³/mol. The second-order valence-electron chi connectivity index (χ2n) is 10.3. The van der Waals surface area contributed by atoms with Gasteiger partial charge >= 0.3 is 0 Å². The Kier molecular flexibility index (Phi) is 8.42. The normalized spacial score (nSPS) is 22.3. The molecule has 2 aliphatic rings. The van der Waals surface area contributed by atoms with Crippen molar-refractivity contribution in [1.82, 2.24) is 14.8 Å². The Morgan fingerprint density at radius 3 is 2.66 bits per heavy atom. The van der Waals surface area contributed by atoms with E-state index in [9.17, 15) is 9.90 Å². The van der Waals surface area contributed by atoms with Crippen molar-refractivity contribution < 1.29 is 19.4 Å². The van der Waals surface area contributed by atoms with E-state index in [-0.39, 0.29) is 30.6 Å². The van der Waals surface area contributed by atoms with Gasteiger partial charge in [-0.15, -0.1) is 0 Å². The van der Waals surface area contributed by atoms with Crippen molar-refractivity contribution in [3.8, 4) is 17.0 Å². The second kappa shape index (κ2) is 11.5. The minimum absolute atomic E-state index is 0.0797. The highest BCUT2D eigenvalue weighted by atomic mass is 16.5. The summed E-state index contributed by atoms with van der Waals surface area (Å²) >= 11 is 0. The number of aryl methyl sites for hydroxylation is 1. The molecule has 1 amide bonds. The number of likely N-dealkylation sites (N-methyl/N-ethyl adjacent to an activating group) is 1. The summed E-state index contributed by atoms with van der Waals surface area (Å²) in [5.41, 5.74) is 3.50. The van der Waals surface area contributed by atoms with E-state index in [0.29, 0.717) is 23.9 Å². The molecule has 2 aromatic rings. The Morgan fingerprint density at radius 2 is 1.94 bits per heavy atom. The third-order valence-electron chi connectivity index (χ3n) is 7.38. The minimum atomic E-state index is -0.293. The van der Waals surface area contributed by atoms with Crippen LogP contribution in [0.3, 0.4) is 0 Å². The van der Waals surface area contributed by atoms with Gasteiger partial charge in [0.1, 0.15) is 11.7 Å². The first-order valence-electron chi connectivity index (χ1n) is 12.8. The first-order chi connectivity index (χ1) is 16.9. The van der Waals surface area contributed by atoms with Gasteiger partial charge in [-0.25, -0.2) is 4.98 Å². The standard InChI is InChI=1S/C28H39N3O4/c1-19-7-5-6-8-24(19)23-13-25-27(29-14-23)35-26(17-30(4)16-22-9-11-34-12-10-22)20(2)15-31(28(25)33)21(3)18-32/h5-8,13-14,20-22,26,32H,9-12,15-18H2,1-4H3/t20-,21-,26-/m0/s1. The van der Waals surface area contributed by atoms with Crippen LogP contribution in [0.4, 0.5) is 0 Å². The molecule has 4 rings (SSSR count). The van der Waals surface area contributed by atoms with E-state index in [1.165, 1.54) is 0 Å². The SMILES string of the molecule is Cc1ccccc1-c1cnc2c(c1)C(=O)N([C@@H](C)CO)C[C@H](C)[C@H](CN(C)CC1CCOCC1)O2. The van der Waals surface area contributed by atoms with E-state index < -0.39 is 0 Å². The van der Waals surface area contributed by atoms with Crippen LogP contribution >= 0.6 is 0 Å². The van der Waals surface area contributed by atoms with Crippen LogP contribution in [0.15, 0.2) is 36.5 Å². The summed E-state index contributed by atoms with van der Waals surface area (Å²) in [5.74, 6) is 0.937. The molecule has 7 heteroatoms. The number of aliphatic hydroxyl groups excluding tert-OH is 1. The Bertz CT molecular complexity index is 1010. The van der Waals surface area contributed by atoms with Crippen molar-refractivity contribution in [2.24, 2.45) is 11.8 Å². The number of ether oxygens (including phenoxy) is 2. The molecular formula is C28H39N3O4. The van der Waals surface area contributed by atoms with Crippen LogP contribution in [0.5, 0.6) is 5.88 Å². The van der Waals surface area contributed by atoms with Gasteiger partial charge in [0.15, 0.2) is 0 Å². The molecule has 190 valence electrons. The maximum atomic E-state index is 13.7. The number of aromatic nitrogens is 1.